The summed E-state index contributed by atoms with van der Waals surface area (Å²) in [6, 6.07) is 10.9. The molecule has 1 heterocycles. The number of nitrogens with one attached hydrogen (secondary N) is 1. The number of carbonyl (C=O) groups is 1. The van der Waals surface area contributed by atoms with Crippen molar-refractivity contribution in [1.82, 2.24) is 5.43 Å². The van der Waals surface area contributed by atoms with E-state index in [0.29, 0.717) is 16.2 Å². The molecule has 0 radical (unpaired) electrons. The van der Waals surface area contributed by atoms with Crippen LogP contribution in [0.5, 0.6) is 5.75 Å². The Morgan fingerprint density at radius 2 is 2.30 bits per heavy atom. The van der Waals surface area contributed by atoms with E-state index in [-0.39, 0.29) is 12.5 Å². The van der Waals surface area contributed by atoms with Crippen LogP contribution in [0, 0.1) is 6.92 Å². The first-order valence-corrected chi connectivity index (χ1v) is 6.69. The topological polar surface area (TPSA) is 63.8 Å². The zero-order valence-electron chi connectivity index (χ0n) is 10.8. The largest absolute Gasteiger partial charge is 0.484 e. The molecule has 6 heteroatoms. The van der Waals surface area contributed by atoms with Crippen LogP contribution >= 0.6 is 15.9 Å². The van der Waals surface area contributed by atoms with Crippen LogP contribution in [0.15, 0.2) is 50.6 Å². The predicted octanol–water partition coefficient (Wildman–Crippen LogP) is 2.88. The molecule has 0 bridgehead atoms. The maximum Gasteiger partial charge on any atom is 0.277 e. The third-order valence-corrected chi connectivity index (χ3v) is 2.76. The number of rotatable bonds is 5. The molecule has 0 saturated carbocycles. The third-order valence-electron chi connectivity index (χ3n) is 2.33. The Kier molecular flexibility index (Phi) is 4.95. The van der Waals surface area contributed by atoms with Gasteiger partial charge in [-0.15, -0.1) is 0 Å². The first-order valence-electron chi connectivity index (χ1n) is 5.90. The van der Waals surface area contributed by atoms with Gasteiger partial charge in [0.1, 0.15) is 11.5 Å². The molecule has 0 aliphatic carbocycles. The van der Waals surface area contributed by atoms with Gasteiger partial charge in [-0.1, -0.05) is 12.1 Å². The van der Waals surface area contributed by atoms with Crippen molar-refractivity contribution in [1.29, 1.82) is 0 Å². The van der Waals surface area contributed by atoms with E-state index < -0.39 is 0 Å². The van der Waals surface area contributed by atoms with E-state index in [1.165, 1.54) is 6.21 Å². The second-order valence-corrected chi connectivity index (χ2v) is 4.82. The van der Waals surface area contributed by atoms with Crippen molar-refractivity contribution in [3.8, 4) is 5.75 Å². The predicted molar refractivity (Wildman–Crippen MR) is 78.8 cm³/mol. The Morgan fingerprint density at radius 1 is 1.45 bits per heavy atom. The molecular weight excluding hydrogens is 324 g/mol. The van der Waals surface area contributed by atoms with Gasteiger partial charge in [0.2, 0.25) is 0 Å². The molecule has 2 rings (SSSR count). The van der Waals surface area contributed by atoms with E-state index in [0.717, 1.165) is 5.56 Å². The zero-order chi connectivity index (χ0) is 14.4. The maximum absolute atomic E-state index is 11.5. The van der Waals surface area contributed by atoms with Gasteiger partial charge in [0.15, 0.2) is 11.3 Å². The monoisotopic (exact) mass is 336 g/mol. The molecule has 0 atom stereocenters. The molecule has 1 aromatic heterocycles. The summed E-state index contributed by atoms with van der Waals surface area (Å²) in [6.07, 6.45) is 1.41. The first kappa shape index (κ1) is 14.3. The van der Waals surface area contributed by atoms with Gasteiger partial charge < -0.3 is 9.15 Å². The smallest absolute Gasteiger partial charge is 0.277 e. The standard InChI is InChI=1S/C14H13BrN2O3/c1-10-3-2-4-11(7-10)19-9-14(18)17-16-8-12-5-6-13(15)20-12/h2-8H,9H2,1H3,(H,17,18)/b16-8-. The van der Waals surface area contributed by atoms with Crippen molar-refractivity contribution < 1.29 is 13.9 Å². The minimum atomic E-state index is -0.339. The lowest BCUT2D eigenvalue weighted by molar-refractivity contribution is -0.123. The number of hydrazone groups is 1. The molecule has 20 heavy (non-hydrogen) atoms. The lowest BCUT2D eigenvalue weighted by atomic mass is 10.2. The average Bonchev–Trinajstić information content (AvgIpc) is 2.82. The fraction of sp³-hybridized carbons (Fsp3) is 0.143. The van der Waals surface area contributed by atoms with Crippen molar-refractivity contribution in [2.24, 2.45) is 5.10 Å². The van der Waals surface area contributed by atoms with Crippen LogP contribution in [0.2, 0.25) is 0 Å². The van der Waals surface area contributed by atoms with E-state index in [9.17, 15) is 4.79 Å². The number of hydrogen-bond acceptors (Lipinski definition) is 4. The van der Waals surface area contributed by atoms with Gasteiger partial charge in [-0.25, -0.2) is 5.43 Å². The molecule has 1 aromatic carbocycles. The van der Waals surface area contributed by atoms with Gasteiger partial charge >= 0.3 is 0 Å². The number of nitrogens with zero attached hydrogens (tertiary/aromatic N) is 1. The second-order valence-electron chi connectivity index (χ2n) is 4.04. The van der Waals surface area contributed by atoms with Crippen LogP contribution < -0.4 is 10.2 Å². The Labute approximate surface area is 124 Å². The molecule has 104 valence electrons. The highest BCUT2D eigenvalue weighted by molar-refractivity contribution is 9.10. The van der Waals surface area contributed by atoms with Crippen molar-refractivity contribution in [2.45, 2.75) is 6.92 Å². The summed E-state index contributed by atoms with van der Waals surface area (Å²) in [5, 5.41) is 3.77. The highest BCUT2D eigenvalue weighted by atomic mass is 79.9. The summed E-state index contributed by atoms with van der Waals surface area (Å²) in [4.78, 5) is 11.5. The average molecular weight is 337 g/mol. The van der Waals surface area contributed by atoms with Crippen LogP contribution in [-0.2, 0) is 4.79 Å². The van der Waals surface area contributed by atoms with Crippen LogP contribution in [0.25, 0.3) is 0 Å². The molecule has 0 saturated heterocycles. The molecular formula is C14H13BrN2O3. The van der Waals surface area contributed by atoms with E-state index >= 15 is 0 Å². The summed E-state index contributed by atoms with van der Waals surface area (Å²) >= 11 is 3.17. The molecule has 2 aromatic rings. The maximum atomic E-state index is 11.5. The molecule has 0 spiro atoms. The van der Waals surface area contributed by atoms with Crippen molar-refractivity contribution in [3.63, 3.8) is 0 Å². The lowest BCUT2D eigenvalue weighted by Crippen LogP contribution is -2.24. The molecule has 0 unspecified atom stereocenters. The number of amides is 1. The molecule has 1 amide bonds. The number of aryl methyl sites for hydroxylation is 1. The Hall–Kier alpha value is -2.08. The van der Waals surface area contributed by atoms with Gasteiger partial charge in [-0.3, -0.25) is 4.79 Å². The molecule has 0 fully saturated rings. The van der Waals surface area contributed by atoms with Crippen molar-refractivity contribution in [2.75, 3.05) is 6.61 Å². The summed E-state index contributed by atoms with van der Waals surface area (Å²) < 4.78 is 11.1. The molecule has 0 aliphatic heterocycles. The molecule has 5 nitrogen and oxygen atoms in total. The highest BCUT2D eigenvalue weighted by Gasteiger charge is 2.01. The fourth-order valence-electron chi connectivity index (χ4n) is 1.45. The highest BCUT2D eigenvalue weighted by Crippen LogP contribution is 2.12. The number of hydrogen-bond donors (Lipinski definition) is 1. The molecule has 0 aliphatic rings. The normalized spacial score (nSPS) is 10.7. The zero-order valence-corrected chi connectivity index (χ0v) is 12.4. The van der Waals surface area contributed by atoms with Crippen molar-refractivity contribution in [3.05, 3.63) is 52.4 Å². The van der Waals surface area contributed by atoms with Gasteiger partial charge in [-0.05, 0) is 52.7 Å². The lowest BCUT2D eigenvalue weighted by Gasteiger charge is -2.05. The van der Waals surface area contributed by atoms with Gasteiger partial charge in [-0.2, -0.15) is 5.10 Å². The molecule has 1 N–H and O–H groups in total. The third kappa shape index (κ3) is 4.55. The number of ether oxygens (including phenoxy) is 1. The summed E-state index contributed by atoms with van der Waals surface area (Å²) in [5.74, 6) is 0.851. The van der Waals surface area contributed by atoms with E-state index in [4.69, 9.17) is 9.15 Å². The number of carbonyl (C=O) groups excluding carboxylic acids is 1. The fourth-order valence-corrected chi connectivity index (χ4v) is 1.77. The first-order chi connectivity index (χ1) is 9.63. The second kappa shape index (κ2) is 6.91. The van der Waals surface area contributed by atoms with Crippen LogP contribution in [-0.4, -0.2) is 18.7 Å². The number of halogens is 1. The Morgan fingerprint density at radius 3 is 3.00 bits per heavy atom. The number of benzene rings is 1. The van der Waals surface area contributed by atoms with Crippen LogP contribution in [0.3, 0.4) is 0 Å². The van der Waals surface area contributed by atoms with Gasteiger partial charge in [0, 0.05) is 0 Å². The van der Waals surface area contributed by atoms with E-state index in [1.807, 2.05) is 25.1 Å². The quantitative estimate of drug-likeness (QED) is 0.674. The summed E-state index contributed by atoms with van der Waals surface area (Å²) in [6.45, 7) is 1.86. The Balaban J connectivity index is 1.77. The summed E-state index contributed by atoms with van der Waals surface area (Å²) in [5.41, 5.74) is 3.43. The summed E-state index contributed by atoms with van der Waals surface area (Å²) in [7, 11) is 0. The minimum absolute atomic E-state index is 0.0946. The minimum Gasteiger partial charge on any atom is -0.484 e. The van der Waals surface area contributed by atoms with Gasteiger partial charge in [0.05, 0.1) is 6.21 Å². The van der Waals surface area contributed by atoms with E-state index in [2.05, 4.69) is 26.5 Å². The Bertz CT molecular complexity index is 622. The van der Waals surface area contributed by atoms with E-state index in [1.54, 1.807) is 18.2 Å². The SMILES string of the molecule is Cc1cccc(OCC(=O)N/N=C\c2ccc(Br)o2)c1. The number of furan rings is 1. The van der Waals surface area contributed by atoms with Crippen LogP contribution in [0.1, 0.15) is 11.3 Å². The van der Waals surface area contributed by atoms with Crippen LogP contribution in [0.4, 0.5) is 0 Å². The van der Waals surface area contributed by atoms with Gasteiger partial charge in [0.25, 0.3) is 5.91 Å². The van der Waals surface area contributed by atoms with Crippen molar-refractivity contribution >= 4 is 28.1 Å².